The Kier molecular flexibility index (Phi) is 5.19. The monoisotopic (exact) mass is 361 g/mol. The fourth-order valence-corrected chi connectivity index (χ4v) is 3.27. The lowest BCUT2D eigenvalue weighted by atomic mass is 9.94. The number of halogens is 3. The minimum Gasteiger partial charge on any atom is -0.321 e. The Morgan fingerprint density at radius 3 is 2.24 bits per heavy atom. The molecule has 0 aliphatic carbocycles. The number of nitrogens with one attached hydrogen (secondary N) is 1. The SMILES string of the molecule is O=C(Nc1c(F)cccc1F)C(Cc1cccs1)c1ccc(F)cc1. The second-order valence-electron chi connectivity index (χ2n) is 5.47. The molecule has 1 amide bonds. The Morgan fingerprint density at radius 1 is 0.960 bits per heavy atom. The van der Waals surface area contributed by atoms with Gasteiger partial charge in [-0.2, -0.15) is 0 Å². The number of benzene rings is 2. The van der Waals surface area contributed by atoms with Crippen molar-refractivity contribution in [1.29, 1.82) is 0 Å². The fraction of sp³-hybridized carbons (Fsp3) is 0.105. The summed E-state index contributed by atoms with van der Waals surface area (Å²) >= 11 is 1.48. The normalized spacial score (nSPS) is 12.0. The number of rotatable bonds is 5. The van der Waals surface area contributed by atoms with Gasteiger partial charge in [-0.15, -0.1) is 11.3 Å². The maximum atomic E-state index is 13.8. The number of carbonyl (C=O) groups excluding carboxylic acids is 1. The van der Waals surface area contributed by atoms with Crippen molar-refractivity contribution >= 4 is 22.9 Å². The van der Waals surface area contributed by atoms with Crippen LogP contribution in [0.4, 0.5) is 18.9 Å². The zero-order valence-electron chi connectivity index (χ0n) is 13.0. The Hall–Kier alpha value is -2.60. The molecule has 128 valence electrons. The standard InChI is InChI=1S/C19H14F3NOS/c20-13-8-6-12(7-9-13)15(11-14-3-2-10-25-14)19(24)23-18-16(21)4-1-5-17(18)22/h1-10,15H,11H2,(H,23,24). The molecule has 0 aliphatic heterocycles. The Labute approximate surface area is 146 Å². The van der Waals surface area contributed by atoms with Crippen LogP contribution in [0.3, 0.4) is 0 Å². The van der Waals surface area contributed by atoms with Crippen LogP contribution in [-0.2, 0) is 11.2 Å². The van der Waals surface area contributed by atoms with Crippen LogP contribution in [0.25, 0.3) is 0 Å². The molecule has 0 saturated carbocycles. The molecule has 3 aromatic rings. The van der Waals surface area contributed by atoms with Crippen LogP contribution < -0.4 is 5.32 Å². The van der Waals surface area contributed by atoms with Gasteiger partial charge in [0.1, 0.15) is 23.1 Å². The summed E-state index contributed by atoms with van der Waals surface area (Å²) in [5.74, 6) is -3.36. The number of para-hydroxylation sites is 1. The predicted molar refractivity (Wildman–Crippen MR) is 92.2 cm³/mol. The molecule has 1 atom stereocenters. The first-order valence-corrected chi connectivity index (χ1v) is 8.45. The number of hydrogen-bond acceptors (Lipinski definition) is 2. The van der Waals surface area contributed by atoms with Crippen LogP contribution in [0.15, 0.2) is 60.0 Å². The quantitative estimate of drug-likeness (QED) is 0.671. The number of thiophene rings is 1. The molecule has 3 rings (SSSR count). The molecular formula is C19H14F3NOS. The van der Waals surface area contributed by atoms with E-state index in [2.05, 4.69) is 5.32 Å². The van der Waals surface area contributed by atoms with Crippen molar-refractivity contribution in [2.24, 2.45) is 0 Å². The van der Waals surface area contributed by atoms with Gasteiger partial charge in [0.15, 0.2) is 0 Å². The summed E-state index contributed by atoms with van der Waals surface area (Å²) in [4.78, 5) is 13.6. The molecule has 6 heteroatoms. The average molecular weight is 361 g/mol. The van der Waals surface area contributed by atoms with E-state index in [0.29, 0.717) is 12.0 Å². The molecule has 0 radical (unpaired) electrons. The maximum Gasteiger partial charge on any atom is 0.232 e. The molecule has 0 bridgehead atoms. The largest absolute Gasteiger partial charge is 0.321 e. The van der Waals surface area contributed by atoms with Gasteiger partial charge in [-0.25, -0.2) is 13.2 Å². The predicted octanol–water partition coefficient (Wildman–Crippen LogP) is 5.13. The van der Waals surface area contributed by atoms with E-state index < -0.39 is 35.0 Å². The summed E-state index contributed by atoms with van der Waals surface area (Å²) in [6.45, 7) is 0. The highest BCUT2D eigenvalue weighted by atomic mass is 32.1. The fourth-order valence-electron chi connectivity index (χ4n) is 2.51. The summed E-state index contributed by atoms with van der Waals surface area (Å²) < 4.78 is 40.8. The van der Waals surface area contributed by atoms with Gasteiger partial charge in [-0.1, -0.05) is 24.3 Å². The molecule has 2 aromatic carbocycles. The first kappa shape index (κ1) is 17.2. The summed E-state index contributed by atoms with van der Waals surface area (Å²) in [6.07, 6.45) is 0.352. The first-order valence-electron chi connectivity index (χ1n) is 7.57. The van der Waals surface area contributed by atoms with Crippen LogP contribution in [0.5, 0.6) is 0 Å². The number of hydrogen-bond donors (Lipinski definition) is 1. The van der Waals surface area contributed by atoms with E-state index in [0.717, 1.165) is 17.0 Å². The molecule has 0 fully saturated rings. The van der Waals surface area contributed by atoms with Gasteiger partial charge in [0.2, 0.25) is 5.91 Å². The lowest BCUT2D eigenvalue weighted by Gasteiger charge is -2.17. The van der Waals surface area contributed by atoms with Crippen molar-refractivity contribution < 1.29 is 18.0 Å². The first-order chi connectivity index (χ1) is 12.0. The van der Waals surface area contributed by atoms with E-state index in [1.807, 2.05) is 17.5 Å². The highest BCUT2D eigenvalue weighted by Crippen LogP contribution is 2.27. The molecule has 1 N–H and O–H groups in total. The second kappa shape index (κ2) is 7.53. The molecule has 25 heavy (non-hydrogen) atoms. The van der Waals surface area contributed by atoms with Gasteiger partial charge in [-0.3, -0.25) is 4.79 Å². The van der Waals surface area contributed by atoms with Gasteiger partial charge in [-0.05, 0) is 47.7 Å². The second-order valence-corrected chi connectivity index (χ2v) is 6.51. The van der Waals surface area contributed by atoms with Crippen LogP contribution in [0.2, 0.25) is 0 Å². The molecule has 1 aromatic heterocycles. The Balaban J connectivity index is 1.90. The average Bonchev–Trinajstić information content (AvgIpc) is 3.10. The van der Waals surface area contributed by atoms with Crippen molar-refractivity contribution in [2.45, 2.75) is 12.3 Å². The van der Waals surface area contributed by atoms with E-state index in [1.165, 1.54) is 41.7 Å². The lowest BCUT2D eigenvalue weighted by Crippen LogP contribution is -2.24. The molecule has 0 saturated heterocycles. The minimum atomic E-state index is -0.845. The molecule has 1 unspecified atom stereocenters. The summed E-state index contributed by atoms with van der Waals surface area (Å²) in [6, 6.07) is 12.6. The Bertz CT molecular complexity index is 843. The van der Waals surface area contributed by atoms with E-state index in [9.17, 15) is 18.0 Å². The Morgan fingerprint density at radius 2 is 1.64 bits per heavy atom. The van der Waals surface area contributed by atoms with E-state index >= 15 is 0 Å². The molecule has 0 aliphatic rings. The van der Waals surface area contributed by atoms with Crippen molar-refractivity contribution in [3.05, 3.63) is 87.9 Å². The molecule has 0 spiro atoms. The summed E-state index contributed by atoms with van der Waals surface area (Å²) in [5, 5.41) is 4.21. The van der Waals surface area contributed by atoms with Gasteiger partial charge in [0, 0.05) is 4.88 Å². The summed E-state index contributed by atoms with van der Waals surface area (Å²) in [7, 11) is 0. The zero-order valence-corrected chi connectivity index (χ0v) is 13.8. The van der Waals surface area contributed by atoms with E-state index in [1.54, 1.807) is 0 Å². The van der Waals surface area contributed by atoms with Crippen LogP contribution in [0, 0.1) is 17.5 Å². The zero-order chi connectivity index (χ0) is 17.8. The van der Waals surface area contributed by atoms with Crippen LogP contribution in [-0.4, -0.2) is 5.91 Å². The van der Waals surface area contributed by atoms with Gasteiger partial charge < -0.3 is 5.32 Å². The molecule has 2 nitrogen and oxygen atoms in total. The summed E-state index contributed by atoms with van der Waals surface area (Å²) in [5.41, 5.74) is 0.0924. The van der Waals surface area contributed by atoms with E-state index in [-0.39, 0.29) is 0 Å². The van der Waals surface area contributed by atoms with Crippen molar-refractivity contribution in [2.75, 3.05) is 5.32 Å². The van der Waals surface area contributed by atoms with Gasteiger partial charge >= 0.3 is 0 Å². The highest BCUT2D eigenvalue weighted by Gasteiger charge is 2.24. The topological polar surface area (TPSA) is 29.1 Å². The third-order valence-electron chi connectivity index (χ3n) is 3.79. The van der Waals surface area contributed by atoms with Crippen molar-refractivity contribution in [3.8, 4) is 0 Å². The van der Waals surface area contributed by atoms with E-state index in [4.69, 9.17) is 0 Å². The minimum absolute atomic E-state index is 0.352. The smallest absolute Gasteiger partial charge is 0.232 e. The van der Waals surface area contributed by atoms with Gasteiger partial charge in [0.05, 0.1) is 5.92 Å². The van der Waals surface area contributed by atoms with Crippen molar-refractivity contribution in [3.63, 3.8) is 0 Å². The molecular weight excluding hydrogens is 347 g/mol. The number of amides is 1. The lowest BCUT2D eigenvalue weighted by molar-refractivity contribution is -0.117. The maximum absolute atomic E-state index is 13.8. The highest BCUT2D eigenvalue weighted by molar-refractivity contribution is 7.09. The van der Waals surface area contributed by atoms with Gasteiger partial charge in [0.25, 0.3) is 0 Å². The third kappa shape index (κ3) is 4.09. The van der Waals surface area contributed by atoms with Crippen LogP contribution >= 0.6 is 11.3 Å². The van der Waals surface area contributed by atoms with Crippen LogP contribution in [0.1, 0.15) is 16.4 Å². The third-order valence-corrected chi connectivity index (χ3v) is 4.68. The molecule has 1 heterocycles. The number of carbonyl (C=O) groups is 1. The van der Waals surface area contributed by atoms with Crippen molar-refractivity contribution in [1.82, 2.24) is 0 Å². The number of anilines is 1.